The maximum atomic E-state index is 8.33. The number of anilines is 3. The first kappa shape index (κ1) is 18.3. The molecule has 7 rings (SSSR count). The van der Waals surface area contributed by atoms with Crippen LogP contribution in [0.3, 0.4) is 0 Å². The summed E-state index contributed by atoms with van der Waals surface area (Å²) in [5, 5.41) is 2.20. The van der Waals surface area contributed by atoms with Crippen LogP contribution in [0.25, 0.3) is 10.8 Å². The predicted molar refractivity (Wildman–Crippen MR) is 167 cm³/mol. The Labute approximate surface area is 240 Å². The van der Waals surface area contributed by atoms with Crippen molar-refractivity contribution >= 4 is 50.9 Å². The second-order valence-electron chi connectivity index (χ2n) is 11.9. The van der Waals surface area contributed by atoms with Gasteiger partial charge in [0, 0.05) is 25.3 Å². The molecule has 0 radical (unpaired) electrons. The van der Waals surface area contributed by atoms with Crippen molar-refractivity contribution in [2.45, 2.75) is 52.2 Å². The molecule has 192 valence electrons. The van der Waals surface area contributed by atoms with Gasteiger partial charge in [0.25, 0.3) is 6.71 Å². The molecule has 0 saturated carbocycles. The highest BCUT2D eigenvalue weighted by molar-refractivity contribution is 6.99. The summed E-state index contributed by atoms with van der Waals surface area (Å²) < 4.78 is 55.8. The number of hydrogen-bond acceptors (Lipinski definition) is 2. The molecule has 0 aliphatic carbocycles. The van der Waals surface area contributed by atoms with Crippen LogP contribution in [0, 0.1) is 0 Å². The lowest BCUT2D eigenvalue weighted by molar-refractivity contribution is 0.488. The molecule has 0 bridgehead atoms. The van der Waals surface area contributed by atoms with E-state index >= 15 is 0 Å². The van der Waals surface area contributed by atoms with Gasteiger partial charge in [-0.15, -0.1) is 0 Å². The number of ether oxygens (including phenoxy) is 1. The summed E-state index contributed by atoms with van der Waals surface area (Å²) in [6.45, 7) is 2.51. The predicted octanol–water partition coefficient (Wildman–Crippen LogP) is 7.84. The average Bonchev–Trinajstić information content (AvgIpc) is 2.98. The van der Waals surface area contributed by atoms with Gasteiger partial charge in [-0.3, -0.25) is 0 Å². The largest absolute Gasteiger partial charge is 0.458 e. The van der Waals surface area contributed by atoms with Gasteiger partial charge in [-0.25, -0.2) is 0 Å². The second kappa shape index (κ2) is 8.26. The molecule has 0 atom stereocenters. The van der Waals surface area contributed by atoms with Crippen LogP contribution >= 0.6 is 0 Å². The fourth-order valence-electron chi connectivity index (χ4n) is 6.07. The van der Waals surface area contributed by atoms with E-state index in [2.05, 4.69) is 41.3 Å². The van der Waals surface area contributed by atoms with Gasteiger partial charge in [-0.1, -0.05) is 102 Å². The van der Waals surface area contributed by atoms with Crippen LogP contribution in [0.1, 0.15) is 60.8 Å². The Morgan fingerprint density at radius 2 is 1.33 bits per heavy atom. The lowest BCUT2D eigenvalue weighted by atomic mass is 9.34. The van der Waals surface area contributed by atoms with Crippen molar-refractivity contribution in [3.05, 3.63) is 108 Å². The molecular weight excluding hydrogens is 473 g/mol. The van der Waals surface area contributed by atoms with Gasteiger partial charge in [0.2, 0.25) is 0 Å². The van der Waals surface area contributed by atoms with E-state index < -0.39 is 24.5 Å². The Hall–Kier alpha value is -3.98. The van der Waals surface area contributed by atoms with Crippen LogP contribution < -0.4 is 26.0 Å². The molecule has 2 aliphatic rings. The SMILES string of the molecule is [2H]C([2H])([2H])C(C)(C)c1ccc(N2c3ccc(C(C)(C)C([2H])([2H])[2H])cc3B3c4cc5ccccc5cc4Oc4cccc2c43)cc1. The standard InChI is InChI=1S/C36H34BNO/c1-35(2,3)25-14-17-27(18-15-25)38-30-19-16-26(36(4,5)6)22-28(30)37-29-20-23-10-7-8-11-24(23)21-33(29)39-32-13-9-12-31(38)34(32)37/h7-22H,1-6H3/i1D3,4D3. The monoisotopic (exact) mass is 513 g/mol. The molecule has 0 aromatic heterocycles. The van der Waals surface area contributed by atoms with Crippen LogP contribution in [0.15, 0.2) is 97.1 Å². The van der Waals surface area contributed by atoms with Crippen molar-refractivity contribution in [3.8, 4) is 11.5 Å². The Morgan fingerprint density at radius 3 is 2.08 bits per heavy atom. The van der Waals surface area contributed by atoms with E-state index in [4.69, 9.17) is 13.0 Å². The second-order valence-corrected chi connectivity index (χ2v) is 11.9. The van der Waals surface area contributed by atoms with Crippen LogP contribution in [-0.2, 0) is 10.8 Å². The van der Waals surface area contributed by atoms with Crippen molar-refractivity contribution < 1.29 is 13.0 Å². The van der Waals surface area contributed by atoms with Crippen LogP contribution in [0.5, 0.6) is 11.5 Å². The highest BCUT2D eigenvalue weighted by Gasteiger charge is 2.42. The molecule has 0 amide bonds. The first-order valence-corrected chi connectivity index (χ1v) is 13.5. The minimum atomic E-state index is -2.20. The van der Waals surface area contributed by atoms with Crippen molar-refractivity contribution in [3.63, 3.8) is 0 Å². The summed E-state index contributed by atoms with van der Waals surface area (Å²) in [4.78, 5) is 2.18. The third-order valence-electron chi connectivity index (χ3n) is 8.13. The molecule has 0 spiro atoms. The number of rotatable bonds is 1. The maximum absolute atomic E-state index is 8.33. The highest BCUT2D eigenvalue weighted by atomic mass is 16.5. The summed E-state index contributed by atoms with van der Waals surface area (Å²) in [5.74, 6) is 1.55. The van der Waals surface area contributed by atoms with Crippen LogP contribution in [0.4, 0.5) is 17.1 Å². The molecule has 5 aromatic rings. The summed E-state index contributed by atoms with van der Waals surface area (Å²) in [6.07, 6.45) is 0. The summed E-state index contributed by atoms with van der Waals surface area (Å²) in [6, 6.07) is 32.3. The van der Waals surface area contributed by atoms with Gasteiger partial charge in [0.1, 0.15) is 11.5 Å². The molecule has 2 heterocycles. The molecule has 39 heavy (non-hydrogen) atoms. The van der Waals surface area contributed by atoms with Gasteiger partial charge in [0.15, 0.2) is 0 Å². The quantitative estimate of drug-likeness (QED) is 0.207. The zero-order valence-electron chi connectivity index (χ0n) is 28.7. The van der Waals surface area contributed by atoms with Gasteiger partial charge in [0.05, 0.1) is 0 Å². The van der Waals surface area contributed by atoms with E-state index in [0.717, 1.165) is 66.8 Å². The van der Waals surface area contributed by atoms with E-state index in [-0.39, 0.29) is 6.71 Å². The van der Waals surface area contributed by atoms with Gasteiger partial charge in [-0.2, -0.15) is 0 Å². The Balaban J connectivity index is 1.48. The number of benzene rings is 5. The van der Waals surface area contributed by atoms with E-state index in [0.29, 0.717) is 0 Å². The lowest BCUT2D eigenvalue weighted by Crippen LogP contribution is -2.59. The Kier molecular flexibility index (Phi) is 3.88. The number of fused-ring (bicyclic) bond motifs is 5. The molecule has 0 fully saturated rings. The minimum Gasteiger partial charge on any atom is -0.458 e. The molecule has 2 aliphatic heterocycles. The Bertz CT molecular complexity index is 1980. The first-order chi connectivity index (χ1) is 21.1. The topological polar surface area (TPSA) is 12.5 Å². The van der Waals surface area contributed by atoms with Gasteiger partial charge >= 0.3 is 0 Å². The fraction of sp³-hybridized carbons (Fsp3) is 0.222. The van der Waals surface area contributed by atoms with E-state index in [9.17, 15) is 0 Å². The lowest BCUT2D eigenvalue weighted by Gasteiger charge is -2.40. The highest BCUT2D eigenvalue weighted by Crippen LogP contribution is 2.42. The molecule has 0 N–H and O–H groups in total. The van der Waals surface area contributed by atoms with Gasteiger partial charge < -0.3 is 9.64 Å². The average molecular weight is 514 g/mol. The van der Waals surface area contributed by atoms with Crippen LogP contribution in [0.2, 0.25) is 0 Å². The molecule has 0 unspecified atom stereocenters. The third kappa shape index (κ3) is 3.78. The minimum absolute atomic E-state index is 0.183. The molecular formula is C36H34BNO. The zero-order valence-corrected chi connectivity index (χ0v) is 22.7. The smallest absolute Gasteiger partial charge is 0.256 e. The summed E-state index contributed by atoms with van der Waals surface area (Å²) in [5.41, 5.74) is 5.22. The van der Waals surface area contributed by atoms with E-state index in [1.54, 1.807) is 27.7 Å². The molecule has 0 saturated heterocycles. The van der Waals surface area contributed by atoms with E-state index in [1.165, 1.54) is 0 Å². The van der Waals surface area contributed by atoms with Crippen molar-refractivity contribution in [2.24, 2.45) is 0 Å². The van der Waals surface area contributed by atoms with Gasteiger partial charge in [-0.05, 0) is 85.5 Å². The molecule has 3 heteroatoms. The van der Waals surface area contributed by atoms with Crippen molar-refractivity contribution in [2.75, 3.05) is 4.90 Å². The van der Waals surface area contributed by atoms with E-state index in [1.807, 2.05) is 60.7 Å². The Morgan fingerprint density at radius 1 is 0.641 bits per heavy atom. The van der Waals surface area contributed by atoms with Crippen molar-refractivity contribution in [1.82, 2.24) is 0 Å². The zero-order chi connectivity index (χ0) is 32.1. The summed E-state index contributed by atoms with van der Waals surface area (Å²) >= 11 is 0. The van der Waals surface area contributed by atoms with Crippen molar-refractivity contribution in [1.29, 1.82) is 0 Å². The van der Waals surface area contributed by atoms with Crippen LogP contribution in [-0.4, -0.2) is 6.71 Å². The fourth-order valence-corrected chi connectivity index (χ4v) is 6.07. The molecule has 5 aromatic carbocycles. The number of hydrogen-bond donors (Lipinski definition) is 0. The number of nitrogens with zero attached hydrogens (tertiary/aromatic N) is 1. The maximum Gasteiger partial charge on any atom is 0.256 e. The normalized spacial score (nSPS) is 16.9. The summed E-state index contributed by atoms with van der Waals surface area (Å²) in [7, 11) is 0. The third-order valence-corrected chi connectivity index (χ3v) is 8.13. The molecule has 2 nitrogen and oxygen atoms in total. The first-order valence-electron chi connectivity index (χ1n) is 16.5.